The van der Waals surface area contributed by atoms with Gasteiger partial charge in [-0.15, -0.1) is 0 Å². The molecule has 4 rings (SSSR count). The van der Waals surface area contributed by atoms with Gasteiger partial charge in [0.05, 0.1) is 11.3 Å². The minimum Gasteiger partial charge on any atom is -0.336 e. The van der Waals surface area contributed by atoms with Gasteiger partial charge in [-0.05, 0) is 23.3 Å². The molecule has 1 aliphatic carbocycles. The number of ketones is 2. The summed E-state index contributed by atoms with van der Waals surface area (Å²) in [5, 5.41) is 0. The maximum atomic E-state index is 12.3. The second-order valence-electron chi connectivity index (χ2n) is 6.07. The summed E-state index contributed by atoms with van der Waals surface area (Å²) in [5.41, 5.74) is 4.34. The third kappa shape index (κ3) is 2.48. The largest absolute Gasteiger partial charge is 0.336 e. The topological polar surface area (TPSA) is 37.4 Å². The summed E-state index contributed by atoms with van der Waals surface area (Å²) in [5.74, 6) is -0.0887. The highest BCUT2D eigenvalue weighted by Gasteiger charge is 2.32. The Morgan fingerprint density at radius 3 is 2.21 bits per heavy atom. The third-order valence-corrected chi connectivity index (χ3v) is 4.52. The molecule has 1 saturated carbocycles. The van der Waals surface area contributed by atoms with Crippen molar-refractivity contribution in [3.8, 4) is 0 Å². The fourth-order valence-corrected chi connectivity index (χ4v) is 3.34. The number of anilines is 1. The molecule has 3 heteroatoms. The average molecular weight is 315 g/mol. The molecule has 2 aromatic rings. The summed E-state index contributed by atoms with van der Waals surface area (Å²) in [6.45, 7) is 0.627. The Morgan fingerprint density at radius 2 is 1.46 bits per heavy atom. The molecule has 1 fully saturated rings. The van der Waals surface area contributed by atoms with Crippen molar-refractivity contribution in [1.29, 1.82) is 0 Å². The predicted octanol–water partition coefficient (Wildman–Crippen LogP) is 3.91. The first-order valence-corrected chi connectivity index (χ1v) is 8.13. The van der Waals surface area contributed by atoms with E-state index in [2.05, 4.69) is 17.0 Å². The predicted molar refractivity (Wildman–Crippen MR) is 94.4 cm³/mol. The number of allylic oxidation sites excluding steroid dienone is 2. The number of rotatable bonds is 2. The number of fused-ring (bicyclic) bond motifs is 1. The number of carbonyl (C=O) groups excluding carboxylic acids is 2. The van der Waals surface area contributed by atoms with E-state index in [-0.39, 0.29) is 11.6 Å². The van der Waals surface area contributed by atoms with E-state index in [1.165, 1.54) is 0 Å². The smallest absolute Gasteiger partial charge is 0.169 e. The van der Waals surface area contributed by atoms with Crippen LogP contribution in [0, 0.1) is 0 Å². The summed E-state index contributed by atoms with van der Waals surface area (Å²) in [6.07, 6.45) is 4.54. The van der Waals surface area contributed by atoms with E-state index in [9.17, 15) is 9.59 Å². The second-order valence-corrected chi connectivity index (χ2v) is 6.07. The molecule has 1 aliphatic heterocycles. The standard InChI is InChI=1S/C21H17NO2/c23-19-12-13-20(24)21(19)18-11-10-16-8-4-5-9-17(16)22(18)14-15-6-2-1-3-7-15/h1-11H,12-14H2. The van der Waals surface area contributed by atoms with Gasteiger partial charge in [0.1, 0.15) is 0 Å². The van der Waals surface area contributed by atoms with Gasteiger partial charge >= 0.3 is 0 Å². The van der Waals surface area contributed by atoms with Gasteiger partial charge in [0.15, 0.2) is 11.6 Å². The van der Waals surface area contributed by atoms with Crippen molar-refractivity contribution in [3.05, 3.63) is 83.1 Å². The van der Waals surface area contributed by atoms with E-state index in [4.69, 9.17) is 0 Å². The molecule has 2 aliphatic rings. The van der Waals surface area contributed by atoms with E-state index in [0.29, 0.717) is 25.0 Å². The van der Waals surface area contributed by atoms with Crippen LogP contribution in [0.25, 0.3) is 6.08 Å². The number of hydrogen-bond donors (Lipinski definition) is 0. The van der Waals surface area contributed by atoms with E-state index >= 15 is 0 Å². The van der Waals surface area contributed by atoms with Crippen molar-refractivity contribution in [2.45, 2.75) is 19.4 Å². The SMILES string of the molecule is O=C1CCC(=O)C1=C1C=Cc2ccccc2N1Cc1ccccc1. The summed E-state index contributed by atoms with van der Waals surface area (Å²) in [6, 6.07) is 18.2. The van der Waals surface area contributed by atoms with Crippen molar-refractivity contribution in [3.63, 3.8) is 0 Å². The minimum atomic E-state index is -0.0444. The van der Waals surface area contributed by atoms with Crippen LogP contribution in [0.4, 0.5) is 5.69 Å². The van der Waals surface area contributed by atoms with Crippen molar-refractivity contribution < 1.29 is 9.59 Å². The van der Waals surface area contributed by atoms with Crippen LogP contribution >= 0.6 is 0 Å². The van der Waals surface area contributed by atoms with Gasteiger partial charge in [-0.25, -0.2) is 0 Å². The van der Waals surface area contributed by atoms with Crippen LogP contribution in [0.15, 0.2) is 71.9 Å². The third-order valence-electron chi connectivity index (χ3n) is 4.52. The van der Waals surface area contributed by atoms with Crippen molar-refractivity contribution in [2.75, 3.05) is 4.90 Å². The highest BCUT2D eigenvalue weighted by atomic mass is 16.2. The van der Waals surface area contributed by atoms with Crippen molar-refractivity contribution >= 4 is 23.3 Å². The lowest BCUT2D eigenvalue weighted by Crippen LogP contribution is -2.27. The molecule has 2 aromatic carbocycles. The fourth-order valence-electron chi connectivity index (χ4n) is 3.34. The number of para-hydroxylation sites is 1. The second kappa shape index (κ2) is 5.93. The lowest BCUT2D eigenvalue weighted by atomic mass is 10.0. The van der Waals surface area contributed by atoms with Gasteiger partial charge in [0.2, 0.25) is 0 Å². The number of benzene rings is 2. The molecule has 0 radical (unpaired) electrons. The van der Waals surface area contributed by atoms with E-state index in [1.54, 1.807) is 0 Å². The molecular weight excluding hydrogens is 298 g/mol. The number of nitrogens with zero attached hydrogens (tertiary/aromatic N) is 1. The molecule has 3 nitrogen and oxygen atoms in total. The Morgan fingerprint density at radius 1 is 0.792 bits per heavy atom. The van der Waals surface area contributed by atoms with Gasteiger partial charge in [0.25, 0.3) is 0 Å². The first-order chi connectivity index (χ1) is 11.7. The quantitative estimate of drug-likeness (QED) is 0.623. The zero-order chi connectivity index (χ0) is 16.5. The molecule has 0 saturated heterocycles. The summed E-state index contributed by atoms with van der Waals surface area (Å²) < 4.78 is 0. The zero-order valence-electron chi connectivity index (χ0n) is 13.2. The molecule has 0 atom stereocenters. The van der Waals surface area contributed by atoms with Crippen LogP contribution < -0.4 is 4.90 Å². The maximum absolute atomic E-state index is 12.3. The molecule has 24 heavy (non-hydrogen) atoms. The monoisotopic (exact) mass is 315 g/mol. The Balaban J connectivity index is 1.86. The molecule has 1 heterocycles. The molecule has 0 amide bonds. The summed E-state index contributed by atoms with van der Waals surface area (Å²) in [4.78, 5) is 26.6. The lowest BCUT2D eigenvalue weighted by molar-refractivity contribution is -0.116. The molecule has 0 spiro atoms. The minimum absolute atomic E-state index is 0.0444. The van der Waals surface area contributed by atoms with Crippen LogP contribution in [0.3, 0.4) is 0 Å². The van der Waals surface area contributed by atoms with Gasteiger partial charge < -0.3 is 4.90 Å². The Kier molecular flexibility index (Phi) is 3.62. The number of hydrogen-bond acceptors (Lipinski definition) is 3. The number of carbonyl (C=O) groups is 2. The molecule has 118 valence electrons. The van der Waals surface area contributed by atoms with Crippen molar-refractivity contribution in [1.82, 2.24) is 0 Å². The Labute approximate surface area is 140 Å². The normalized spacial score (nSPS) is 16.8. The Bertz CT molecular complexity index is 860. The fraction of sp³-hybridized carbons (Fsp3) is 0.143. The lowest BCUT2D eigenvalue weighted by Gasteiger charge is -2.31. The molecule has 0 N–H and O–H groups in total. The van der Waals surface area contributed by atoms with Crippen LogP contribution in [0.5, 0.6) is 0 Å². The van der Waals surface area contributed by atoms with Crippen LogP contribution in [0.2, 0.25) is 0 Å². The van der Waals surface area contributed by atoms with Crippen LogP contribution in [-0.4, -0.2) is 11.6 Å². The summed E-state index contributed by atoms with van der Waals surface area (Å²) >= 11 is 0. The van der Waals surface area contributed by atoms with Crippen LogP contribution in [-0.2, 0) is 16.1 Å². The number of Topliss-reactive ketones (excluding diaryl/α,β-unsaturated/α-hetero) is 2. The van der Waals surface area contributed by atoms with Crippen LogP contribution in [0.1, 0.15) is 24.0 Å². The van der Waals surface area contributed by atoms with Gasteiger partial charge in [-0.3, -0.25) is 9.59 Å². The highest BCUT2D eigenvalue weighted by molar-refractivity contribution is 6.26. The van der Waals surface area contributed by atoms with Crippen molar-refractivity contribution in [2.24, 2.45) is 0 Å². The van der Waals surface area contributed by atoms with E-state index < -0.39 is 0 Å². The molecule has 0 unspecified atom stereocenters. The first kappa shape index (κ1) is 14.6. The maximum Gasteiger partial charge on any atom is 0.169 e. The van der Waals surface area contributed by atoms with Gasteiger partial charge in [-0.1, -0.05) is 54.6 Å². The van der Waals surface area contributed by atoms with Gasteiger partial charge in [0, 0.05) is 25.1 Å². The zero-order valence-corrected chi connectivity index (χ0v) is 13.2. The first-order valence-electron chi connectivity index (χ1n) is 8.13. The molecule has 0 aromatic heterocycles. The molecular formula is C21H17NO2. The Hall–Kier alpha value is -2.94. The van der Waals surface area contributed by atoms with E-state index in [0.717, 1.165) is 22.5 Å². The van der Waals surface area contributed by atoms with E-state index in [1.807, 2.05) is 54.6 Å². The average Bonchev–Trinajstić information content (AvgIpc) is 2.95. The molecule has 0 bridgehead atoms. The highest BCUT2D eigenvalue weighted by Crippen LogP contribution is 2.35. The summed E-state index contributed by atoms with van der Waals surface area (Å²) in [7, 11) is 0. The van der Waals surface area contributed by atoms with Gasteiger partial charge in [-0.2, -0.15) is 0 Å².